The third-order valence-corrected chi connectivity index (χ3v) is 1.71. The first-order valence-corrected chi connectivity index (χ1v) is 3.76. The third kappa shape index (κ3) is 2.10. The van der Waals surface area contributed by atoms with E-state index in [2.05, 4.69) is 5.73 Å². The molecule has 3 N–H and O–H groups in total. The number of carbonyl (C=O) groups is 1. The summed E-state index contributed by atoms with van der Waals surface area (Å²) in [5, 5.41) is 10.5. The van der Waals surface area contributed by atoms with Gasteiger partial charge in [0, 0.05) is 6.42 Å². The van der Waals surface area contributed by atoms with E-state index in [9.17, 15) is 9.90 Å². The molecule has 12 heavy (non-hydrogen) atoms. The normalized spacial score (nSPS) is 12.8. The maximum atomic E-state index is 10.5. The van der Waals surface area contributed by atoms with Crippen LogP contribution in [0.3, 0.4) is 0 Å². The smallest absolute Gasteiger partial charge is 0.104 e. The highest BCUT2D eigenvalue weighted by atomic mass is 16.4. The van der Waals surface area contributed by atoms with Gasteiger partial charge in [-0.05, 0) is 12.1 Å². The van der Waals surface area contributed by atoms with Gasteiger partial charge in [0.2, 0.25) is 0 Å². The van der Waals surface area contributed by atoms with Crippen LogP contribution in [-0.4, -0.2) is 12.5 Å². The number of carbonyl (C=O) groups excluding carboxylic acids is 1. The number of hydrogen-bond donors (Lipinski definition) is 1. The molecule has 0 saturated carbocycles. The Morgan fingerprint density at radius 3 is 2.92 bits per heavy atom. The second-order valence-electron chi connectivity index (χ2n) is 2.59. The molecule has 1 heterocycles. The van der Waals surface area contributed by atoms with Gasteiger partial charge in [-0.3, -0.25) is 0 Å². The van der Waals surface area contributed by atoms with Crippen molar-refractivity contribution in [2.24, 2.45) is 5.92 Å². The molecule has 0 radical (unpaired) electrons. The SMILES string of the molecule is [NH3+]C[C@H](Cc1ccco1)C(=O)[O-]. The zero-order valence-electron chi connectivity index (χ0n) is 6.66. The van der Waals surface area contributed by atoms with Gasteiger partial charge in [0.15, 0.2) is 0 Å². The lowest BCUT2D eigenvalue weighted by Crippen LogP contribution is -2.57. The first kappa shape index (κ1) is 8.80. The predicted molar refractivity (Wildman–Crippen MR) is 38.7 cm³/mol. The van der Waals surface area contributed by atoms with Gasteiger partial charge in [-0.2, -0.15) is 0 Å². The Balaban J connectivity index is 2.54. The molecule has 0 bridgehead atoms. The fourth-order valence-electron chi connectivity index (χ4n) is 0.975. The standard InChI is InChI=1S/C8H11NO3/c9-5-6(8(10)11)4-7-2-1-3-12-7/h1-3,6H,4-5,9H2,(H,10,11)/t6-/m0/s1. The summed E-state index contributed by atoms with van der Waals surface area (Å²) in [6.07, 6.45) is 1.88. The summed E-state index contributed by atoms with van der Waals surface area (Å²) in [6.45, 7) is 0.322. The van der Waals surface area contributed by atoms with Crippen molar-refractivity contribution in [1.29, 1.82) is 0 Å². The van der Waals surface area contributed by atoms with Gasteiger partial charge in [0.05, 0.1) is 24.7 Å². The molecule has 0 saturated heterocycles. The molecular weight excluding hydrogens is 158 g/mol. The van der Waals surface area contributed by atoms with Crippen molar-refractivity contribution in [1.82, 2.24) is 0 Å². The molecule has 0 aliphatic carbocycles. The molecule has 4 nitrogen and oxygen atoms in total. The molecule has 1 rings (SSSR count). The number of furan rings is 1. The van der Waals surface area contributed by atoms with E-state index in [-0.39, 0.29) is 0 Å². The van der Waals surface area contributed by atoms with Gasteiger partial charge in [-0.15, -0.1) is 0 Å². The lowest BCUT2D eigenvalue weighted by atomic mass is 10.1. The minimum atomic E-state index is -1.07. The molecule has 0 aliphatic heterocycles. The molecule has 1 atom stereocenters. The molecule has 0 fully saturated rings. The van der Waals surface area contributed by atoms with Crippen LogP contribution in [0.25, 0.3) is 0 Å². The van der Waals surface area contributed by atoms with E-state index < -0.39 is 11.9 Å². The van der Waals surface area contributed by atoms with Crippen LogP contribution in [0.4, 0.5) is 0 Å². The van der Waals surface area contributed by atoms with Crippen molar-refractivity contribution in [2.75, 3.05) is 6.54 Å². The molecular formula is C8H11NO3. The summed E-state index contributed by atoms with van der Waals surface area (Å²) in [6, 6.07) is 3.47. The summed E-state index contributed by atoms with van der Waals surface area (Å²) >= 11 is 0. The van der Waals surface area contributed by atoms with Gasteiger partial charge < -0.3 is 20.1 Å². The molecule has 66 valence electrons. The van der Waals surface area contributed by atoms with Gasteiger partial charge in [0.25, 0.3) is 0 Å². The third-order valence-electron chi connectivity index (χ3n) is 1.71. The molecule has 0 spiro atoms. The average Bonchev–Trinajstić information content (AvgIpc) is 2.51. The van der Waals surface area contributed by atoms with E-state index in [1.54, 1.807) is 12.1 Å². The van der Waals surface area contributed by atoms with E-state index in [4.69, 9.17) is 4.42 Å². The Bertz CT molecular complexity index is 243. The zero-order chi connectivity index (χ0) is 8.97. The topological polar surface area (TPSA) is 80.9 Å². The minimum Gasteiger partial charge on any atom is -0.550 e. The Kier molecular flexibility index (Phi) is 2.88. The number of hydrogen-bond acceptors (Lipinski definition) is 3. The van der Waals surface area contributed by atoms with E-state index >= 15 is 0 Å². The maximum absolute atomic E-state index is 10.5. The number of quaternary nitrogens is 1. The second-order valence-corrected chi connectivity index (χ2v) is 2.59. The Morgan fingerprint density at radius 1 is 1.75 bits per heavy atom. The largest absolute Gasteiger partial charge is 0.550 e. The molecule has 0 amide bonds. The van der Waals surface area contributed by atoms with Gasteiger partial charge in [-0.1, -0.05) is 0 Å². The fourth-order valence-corrected chi connectivity index (χ4v) is 0.975. The molecule has 1 aromatic heterocycles. The zero-order valence-corrected chi connectivity index (χ0v) is 6.66. The second kappa shape index (κ2) is 3.92. The summed E-state index contributed by atoms with van der Waals surface area (Å²) in [7, 11) is 0. The Hall–Kier alpha value is -1.29. The van der Waals surface area contributed by atoms with Gasteiger partial charge >= 0.3 is 0 Å². The lowest BCUT2D eigenvalue weighted by Gasteiger charge is -2.11. The molecule has 0 aromatic carbocycles. The van der Waals surface area contributed by atoms with Crippen LogP contribution in [0.2, 0.25) is 0 Å². The van der Waals surface area contributed by atoms with E-state index in [1.807, 2.05) is 0 Å². The Morgan fingerprint density at radius 2 is 2.50 bits per heavy atom. The highest BCUT2D eigenvalue weighted by molar-refractivity contribution is 5.67. The molecule has 4 heteroatoms. The number of carboxylic acid groups (broad SMARTS) is 1. The number of rotatable bonds is 4. The monoisotopic (exact) mass is 169 g/mol. The van der Waals surface area contributed by atoms with Gasteiger partial charge in [-0.25, -0.2) is 0 Å². The van der Waals surface area contributed by atoms with Crippen LogP contribution in [0.15, 0.2) is 22.8 Å². The molecule has 0 aliphatic rings. The van der Waals surface area contributed by atoms with Crippen molar-refractivity contribution in [3.05, 3.63) is 24.2 Å². The average molecular weight is 169 g/mol. The summed E-state index contributed by atoms with van der Waals surface area (Å²) in [5.41, 5.74) is 3.53. The summed E-state index contributed by atoms with van der Waals surface area (Å²) < 4.78 is 5.00. The van der Waals surface area contributed by atoms with Crippen LogP contribution < -0.4 is 10.8 Å². The van der Waals surface area contributed by atoms with Crippen molar-refractivity contribution in [3.63, 3.8) is 0 Å². The maximum Gasteiger partial charge on any atom is 0.104 e. The summed E-state index contributed by atoms with van der Waals surface area (Å²) in [5.74, 6) is -0.953. The Labute approximate surface area is 70.0 Å². The fraction of sp³-hybridized carbons (Fsp3) is 0.375. The van der Waals surface area contributed by atoms with Crippen LogP contribution in [0.5, 0.6) is 0 Å². The van der Waals surface area contributed by atoms with E-state index in [0.717, 1.165) is 0 Å². The van der Waals surface area contributed by atoms with Crippen LogP contribution >= 0.6 is 0 Å². The van der Waals surface area contributed by atoms with E-state index in [0.29, 0.717) is 18.7 Å². The van der Waals surface area contributed by atoms with Gasteiger partial charge in [0.1, 0.15) is 5.76 Å². The highest BCUT2D eigenvalue weighted by Gasteiger charge is 2.11. The minimum absolute atomic E-state index is 0.322. The van der Waals surface area contributed by atoms with Crippen molar-refractivity contribution < 1.29 is 20.1 Å². The van der Waals surface area contributed by atoms with Crippen LogP contribution in [0, 0.1) is 5.92 Å². The highest BCUT2D eigenvalue weighted by Crippen LogP contribution is 2.07. The predicted octanol–water partition coefficient (Wildman–Crippen LogP) is -1.57. The quantitative estimate of drug-likeness (QED) is 0.591. The van der Waals surface area contributed by atoms with Crippen LogP contribution in [-0.2, 0) is 11.2 Å². The number of aliphatic carboxylic acids is 1. The van der Waals surface area contributed by atoms with Crippen molar-refractivity contribution >= 4 is 5.97 Å². The first-order chi connectivity index (χ1) is 5.74. The van der Waals surface area contributed by atoms with Crippen molar-refractivity contribution in [3.8, 4) is 0 Å². The van der Waals surface area contributed by atoms with E-state index in [1.165, 1.54) is 6.26 Å². The lowest BCUT2D eigenvalue weighted by molar-refractivity contribution is -0.387. The molecule has 0 unspecified atom stereocenters. The first-order valence-electron chi connectivity index (χ1n) is 3.76. The summed E-state index contributed by atoms with van der Waals surface area (Å²) in [4.78, 5) is 10.5. The molecule has 1 aromatic rings. The van der Waals surface area contributed by atoms with Crippen molar-refractivity contribution in [2.45, 2.75) is 6.42 Å². The number of carboxylic acids is 1. The van der Waals surface area contributed by atoms with Crippen LogP contribution in [0.1, 0.15) is 5.76 Å².